The number of hydrogen-bond acceptors (Lipinski definition) is 4. The van der Waals surface area contributed by atoms with E-state index in [1.807, 2.05) is 59.3 Å². The van der Waals surface area contributed by atoms with Crippen molar-refractivity contribution in [2.45, 2.75) is 6.54 Å². The van der Waals surface area contributed by atoms with Gasteiger partial charge in [0.1, 0.15) is 6.61 Å². The van der Waals surface area contributed by atoms with Crippen molar-refractivity contribution in [3.8, 4) is 11.3 Å². The van der Waals surface area contributed by atoms with Gasteiger partial charge in [0, 0.05) is 27.8 Å². The third-order valence-corrected chi connectivity index (χ3v) is 4.75. The minimum Gasteiger partial charge on any atom is -0.460 e. The van der Waals surface area contributed by atoms with Crippen LogP contribution >= 0.6 is 15.9 Å². The Bertz CT molecular complexity index is 1080. The average molecular weight is 422 g/mol. The predicted molar refractivity (Wildman–Crippen MR) is 107 cm³/mol. The molecule has 6 heteroatoms. The summed E-state index contributed by atoms with van der Waals surface area (Å²) >= 11 is 3.44. The van der Waals surface area contributed by atoms with Crippen LogP contribution in [0.15, 0.2) is 77.8 Å². The summed E-state index contributed by atoms with van der Waals surface area (Å²) in [6.45, 7) is 0.841. The second-order valence-corrected chi connectivity index (χ2v) is 6.93. The molecule has 0 N–H and O–H groups in total. The van der Waals surface area contributed by atoms with Crippen molar-refractivity contribution in [1.82, 2.24) is 14.5 Å². The second kappa shape index (κ2) is 7.72. The van der Waals surface area contributed by atoms with Crippen molar-refractivity contribution < 1.29 is 9.53 Å². The zero-order valence-electron chi connectivity index (χ0n) is 14.4. The largest absolute Gasteiger partial charge is 0.460 e. The Hall–Kier alpha value is -2.99. The number of carbonyl (C=O) groups excluding carboxylic acids is 1. The van der Waals surface area contributed by atoms with E-state index in [1.165, 1.54) is 0 Å². The lowest BCUT2D eigenvalue weighted by atomic mass is 10.0. The number of ether oxygens (including phenoxy) is 1. The monoisotopic (exact) mass is 421 g/mol. The number of halogens is 1. The molecule has 0 saturated heterocycles. The van der Waals surface area contributed by atoms with Crippen LogP contribution in [0, 0.1) is 0 Å². The summed E-state index contributed by atoms with van der Waals surface area (Å²) in [5.74, 6) is -0.355. The number of aromatic nitrogens is 3. The zero-order valence-corrected chi connectivity index (χ0v) is 16.0. The third kappa shape index (κ3) is 3.90. The van der Waals surface area contributed by atoms with Crippen LogP contribution in [0.5, 0.6) is 0 Å². The molecule has 0 bridgehead atoms. The molecule has 0 amide bonds. The molecular formula is C21H16BrN3O2. The van der Waals surface area contributed by atoms with Crippen LogP contribution in [0.1, 0.15) is 10.4 Å². The lowest BCUT2D eigenvalue weighted by molar-refractivity contribution is 0.0493. The fraction of sp³-hybridized carbons (Fsp3) is 0.0952. The Balaban J connectivity index is 1.65. The first-order valence-electron chi connectivity index (χ1n) is 8.49. The molecule has 0 aliphatic heterocycles. The van der Waals surface area contributed by atoms with Gasteiger partial charge in [0.05, 0.1) is 29.6 Å². The van der Waals surface area contributed by atoms with Gasteiger partial charge in [0.25, 0.3) is 0 Å². The van der Waals surface area contributed by atoms with Gasteiger partial charge in [-0.25, -0.2) is 14.8 Å². The van der Waals surface area contributed by atoms with Crippen LogP contribution in [-0.2, 0) is 11.3 Å². The van der Waals surface area contributed by atoms with Gasteiger partial charge in [0.2, 0.25) is 0 Å². The average Bonchev–Trinajstić information content (AvgIpc) is 3.21. The Labute approximate surface area is 164 Å². The van der Waals surface area contributed by atoms with Crippen LogP contribution in [0.3, 0.4) is 0 Å². The predicted octanol–water partition coefficient (Wildman–Crippen LogP) is 4.72. The molecule has 2 aromatic carbocycles. The third-order valence-electron chi connectivity index (χ3n) is 4.22. The topological polar surface area (TPSA) is 57.0 Å². The number of pyridine rings is 1. The maximum atomic E-state index is 12.7. The van der Waals surface area contributed by atoms with E-state index in [4.69, 9.17) is 9.72 Å². The highest BCUT2D eigenvalue weighted by Gasteiger charge is 2.15. The lowest BCUT2D eigenvalue weighted by Crippen LogP contribution is -2.11. The number of para-hydroxylation sites is 1. The number of benzene rings is 2. The van der Waals surface area contributed by atoms with E-state index in [9.17, 15) is 4.79 Å². The number of hydrogen-bond donors (Lipinski definition) is 0. The summed E-state index contributed by atoms with van der Waals surface area (Å²) in [5.41, 5.74) is 2.96. The molecular weight excluding hydrogens is 406 g/mol. The van der Waals surface area contributed by atoms with Gasteiger partial charge >= 0.3 is 5.97 Å². The van der Waals surface area contributed by atoms with Gasteiger partial charge in [-0.15, -0.1) is 0 Å². The highest BCUT2D eigenvalue weighted by Crippen LogP contribution is 2.26. The molecule has 0 radical (unpaired) electrons. The SMILES string of the molecule is O=C(OCCn1ccnc1)c1cc(-c2ccc(Br)cc2)nc2ccccc12. The van der Waals surface area contributed by atoms with E-state index in [-0.39, 0.29) is 12.6 Å². The molecule has 4 aromatic rings. The van der Waals surface area contributed by atoms with Crippen LogP contribution in [0.4, 0.5) is 0 Å². The minimum absolute atomic E-state index is 0.277. The molecule has 0 aliphatic carbocycles. The summed E-state index contributed by atoms with van der Waals surface area (Å²) in [6.07, 6.45) is 5.23. The molecule has 2 aromatic heterocycles. The zero-order chi connectivity index (χ0) is 18.6. The molecule has 2 heterocycles. The van der Waals surface area contributed by atoms with Gasteiger partial charge in [-0.1, -0.05) is 46.3 Å². The molecule has 27 heavy (non-hydrogen) atoms. The number of imidazole rings is 1. The van der Waals surface area contributed by atoms with Crippen molar-refractivity contribution in [1.29, 1.82) is 0 Å². The van der Waals surface area contributed by atoms with E-state index in [2.05, 4.69) is 20.9 Å². The molecule has 0 saturated carbocycles. The maximum Gasteiger partial charge on any atom is 0.338 e. The summed E-state index contributed by atoms with van der Waals surface area (Å²) in [5, 5.41) is 0.783. The van der Waals surface area contributed by atoms with E-state index in [0.29, 0.717) is 12.1 Å². The number of fused-ring (bicyclic) bond motifs is 1. The molecule has 0 atom stereocenters. The van der Waals surface area contributed by atoms with Crippen molar-refractivity contribution >= 4 is 32.8 Å². The van der Waals surface area contributed by atoms with E-state index < -0.39 is 0 Å². The van der Waals surface area contributed by atoms with E-state index in [0.717, 1.165) is 26.6 Å². The van der Waals surface area contributed by atoms with Gasteiger partial charge < -0.3 is 9.30 Å². The number of nitrogens with zero attached hydrogens (tertiary/aromatic N) is 3. The summed E-state index contributed by atoms with van der Waals surface area (Å²) in [6, 6.07) is 17.2. The Morgan fingerprint density at radius 2 is 1.93 bits per heavy atom. The maximum absolute atomic E-state index is 12.7. The van der Waals surface area contributed by atoms with Gasteiger partial charge in [-0.3, -0.25) is 0 Å². The van der Waals surface area contributed by atoms with E-state index in [1.54, 1.807) is 18.6 Å². The Kier molecular flexibility index (Phi) is 4.98. The molecule has 0 aliphatic rings. The first-order valence-corrected chi connectivity index (χ1v) is 9.28. The van der Waals surface area contributed by atoms with Gasteiger partial charge in [-0.05, 0) is 24.3 Å². The number of rotatable bonds is 5. The van der Waals surface area contributed by atoms with Crippen LogP contribution in [0.25, 0.3) is 22.2 Å². The Morgan fingerprint density at radius 1 is 1.11 bits per heavy atom. The molecule has 4 rings (SSSR count). The molecule has 0 fully saturated rings. The van der Waals surface area contributed by atoms with Crippen LogP contribution in [-0.4, -0.2) is 27.1 Å². The van der Waals surface area contributed by atoms with Crippen molar-refractivity contribution in [2.24, 2.45) is 0 Å². The fourth-order valence-corrected chi connectivity index (χ4v) is 3.12. The fourth-order valence-electron chi connectivity index (χ4n) is 2.85. The molecule has 0 spiro atoms. The van der Waals surface area contributed by atoms with Gasteiger partial charge in [0.15, 0.2) is 0 Å². The summed E-state index contributed by atoms with van der Waals surface area (Å²) in [7, 11) is 0. The highest BCUT2D eigenvalue weighted by molar-refractivity contribution is 9.10. The van der Waals surface area contributed by atoms with Gasteiger partial charge in [-0.2, -0.15) is 0 Å². The standard InChI is InChI=1S/C21H16BrN3O2/c22-16-7-5-15(6-8-16)20-13-18(17-3-1-2-4-19(17)24-20)21(26)27-12-11-25-10-9-23-14-25/h1-10,13-14H,11-12H2. The van der Waals surface area contributed by atoms with Crippen LogP contribution < -0.4 is 0 Å². The molecule has 134 valence electrons. The smallest absolute Gasteiger partial charge is 0.338 e. The van der Waals surface area contributed by atoms with Crippen molar-refractivity contribution in [2.75, 3.05) is 6.61 Å². The van der Waals surface area contributed by atoms with Crippen molar-refractivity contribution in [3.63, 3.8) is 0 Å². The number of esters is 1. The van der Waals surface area contributed by atoms with E-state index >= 15 is 0 Å². The quantitative estimate of drug-likeness (QED) is 0.437. The van der Waals surface area contributed by atoms with Crippen molar-refractivity contribution in [3.05, 3.63) is 83.4 Å². The minimum atomic E-state index is -0.355. The molecule has 5 nitrogen and oxygen atoms in total. The lowest BCUT2D eigenvalue weighted by Gasteiger charge is -2.10. The highest BCUT2D eigenvalue weighted by atomic mass is 79.9. The number of carbonyl (C=O) groups is 1. The summed E-state index contributed by atoms with van der Waals surface area (Å²) in [4.78, 5) is 21.4. The Morgan fingerprint density at radius 3 is 2.70 bits per heavy atom. The van der Waals surface area contributed by atoms with Crippen LogP contribution in [0.2, 0.25) is 0 Å². The summed E-state index contributed by atoms with van der Waals surface area (Å²) < 4.78 is 8.35. The molecule has 0 unspecified atom stereocenters. The first kappa shape index (κ1) is 17.4. The normalized spacial score (nSPS) is 10.9. The second-order valence-electron chi connectivity index (χ2n) is 6.02. The first-order chi connectivity index (χ1) is 13.2.